The highest BCUT2D eigenvalue weighted by molar-refractivity contribution is 7.21. The number of rotatable bonds is 5. The molecule has 6 nitrogen and oxygen atoms in total. The maximum Gasteiger partial charge on any atom is 0.263 e. The second-order valence-electron chi connectivity index (χ2n) is 8.08. The van der Waals surface area contributed by atoms with Crippen LogP contribution in [-0.4, -0.2) is 36.6 Å². The largest absolute Gasteiger partial charge is 0.397 e. The van der Waals surface area contributed by atoms with Crippen LogP contribution in [-0.2, 0) is 6.42 Å². The number of nitrogen functional groups attached to an aromatic ring is 1. The molecule has 0 radical (unpaired) electrons. The summed E-state index contributed by atoms with van der Waals surface area (Å²) in [4.78, 5) is 19.8. The van der Waals surface area contributed by atoms with Gasteiger partial charge >= 0.3 is 0 Å². The first kappa shape index (κ1) is 22.0. The molecule has 1 aliphatic rings. The van der Waals surface area contributed by atoms with Gasteiger partial charge in [0.1, 0.15) is 21.3 Å². The number of fused-ring (bicyclic) bond motifs is 1. The number of nitrogens with zero attached hydrogens (tertiary/aromatic N) is 2. The molecule has 1 unspecified atom stereocenters. The third-order valence-electron chi connectivity index (χ3n) is 5.40. The Balaban J connectivity index is 1.43. The number of hydrogen-bond acceptors (Lipinski definition) is 6. The normalized spacial score (nSPS) is 16.3. The molecule has 0 saturated carbocycles. The van der Waals surface area contributed by atoms with Crippen molar-refractivity contribution < 1.29 is 13.6 Å². The lowest BCUT2D eigenvalue weighted by Crippen LogP contribution is -2.47. The van der Waals surface area contributed by atoms with E-state index >= 15 is 0 Å². The minimum absolute atomic E-state index is 0.0917. The fraction of sp³-hybridized carbons (Fsp3) is 0.304. The van der Waals surface area contributed by atoms with E-state index in [-0.39, 0.29) is 36.2 Å². The van der Waals surface area contributed by atoms with E-state index in [1.165, 1.54) is 23.5 Å². The zero-order chi connectivity index (χ0) is 23.0. The number of halogens is 2. The molecular formula is C23H25F2N5OS. The minimum Gasteiger partial charge on any atom is -0.397 e. The van der Waals surface area contributed by atoms with Crippen molar-refractivity contribution in [3.05, 3.63) is 64.3 Å². The Morgan fingerprint density at radius 1 is 1.38 bits per heavy atom. The molecule has 2 aromatic heterocycles. The first-order chi connectivity index (χ1) is 15.2. The fourth-order valence-electron chi connectivity index (χ4n) is 3.91. The van der Waals surface area contributed by atoms with E-state index in [1.807, 2.05) is 26.0 Å². The van der Waals surface area contributed by atoms with Crippen LogP contribution < -0.4 is 21.3 Å². The van der Waals surface area contributed by atoms with Gasteiger partial charge in [-0.15, -0.1) is 11.3 Å². The molecule has 0 spiro atoms. The molecule has 32 heavy (non-hydrogen) atoms. The monoisotopic (exact) mass is 457 g/mol. The highest BCUT2D eigenvalue weighted by Crippen LogP contribution is 2.32. The first-order valence-electron chi connectivity index (χ1n) is 10.3. The molecule has 3 heterocycles. The molecule has 4 rings (SSSR count). The zero-order valence-corrected chi connectivity index (χ0v) is 18.8. The second-order valence-corrected chi connectivity index (χ2v) is 9.08. The van der Waals surface area contributed by atoms with Crippen LogP contribution in [0.3, 0.4) is 0 Å². The summed E-state index contributed by atoms with van der Waals surface area (Å²) in [7, 11) is 0. The lowest BCUT2D eigenvalue weighted by molar-refractivity contribution is 0.0959. The molecule has 1 fully saturated rings. The lowest BCUT2D eigenvalue weighted by Gasteiger charge is -2.35. The zero-order valence-electron chi connectivity index (χ0n) is 18.0. The summed E-state index contributed by atoms with van der Waals surface area (Å²) in [5, 5.41) is 6.67. The Hall–Kier alpha value is -3.20. The van der Waals surface area contributed by atoms with Gasteiger partial charge in [0.25, 0.3) is 5.91 Å². The Bertz CT molecular complexity index is 1210. The number of benzene rings is 1. The van der Waals surface area contributed by atoms with Gasteiger partial charge in [-0.2, -0.15) is 0 Å². The summed E-state index contributed by atoms with van der Waals surface area (Å²) in [5.41, 5.74) is 8.51. The number of aromatic nitrogens is 1. The van der Waals surface area contributed by atoms with E-state index in [4.69, 9.17) is 5.73 Å². The van der Waals surface area contributed by atoms with E-state index in [9.17, 15) is 13.6 Å². The van der Waals surface area contributed by atoms with Gasteiger partial charge in [-0.1, -0.05) is 6.58 Å². The lowest BCUT2D eigenvalue weighted by atomic mass is 10.1. The van der Waals surface area contributed by atoms with Crippen LogP contribution >= 0.6 is 11.3 Å². The number of carbonyl (C=O) groups excluding carboxylic acids is 1. The van der Waals surface area contributed by atoms with Gasteiger partial charge in [0, 0.05) is 42.0 Å². The minimum atomic E-state index is -0.506. The topological polar surface area (TPSA) is 83.3 Å². The number of carbonyl (C=O) groups is 1. The Kier molecular flexibility index (Phi) is 6.01. The number of anilines is 2. The molecule has 1 amide bonds. The molecule has 1 atom stereocenters. The molecular weight excluding hydrogens is 432 g/mol. The van der Waals surface area contributed by atoms with Gasteiger partial charge in [-0.25, -0.2) is 13.8 Å². The Morgan fingerprint density at radius 2 is 2.16 bits per heavy atom. The highest BCUT2D eigenvalue weighted by Gasteiger charge is 2.23. The van der Waals surface area contributed by atoms with E-state index in [0.717, 1.165) is 16.8 Å². The van der Waals surface area contributed by atoms with Crippen LogP contribution in [0.15, 0.2) is 36.5 Å². The summed E-state index contributed by atoms with van der Waals surface area (Å²) in [6.07, 6.45) is 0.154. The molecule has 0 bridgehead atoms. The van der Waals surface area contributed by atoms with E-state index < -0.39 is 11.6 Å². The fourth-order valence-corrected chi connectivity index (χ4v) is 4.97. The SMILES string of the molecule is C=C1CN(c2cc(F)c(CCNC(=O)c3sc4nc(C)ccc4c3N)cc2F)CC(C)N1. The van der Waals surface area contributed by atoms with Crippen molar-refractivity contribution >= 4 is 38.8 Å². The molecule has 4 N–H and O–H groups in total. The Labute approximate surface area is 189 Å². The Morgan fingerprint density at radius 3 is 2.91 bits per heavy atom. The summed E-state index contributed by atoms with van der Waals surface area (Å²) in [6, 6.07) is 6.19. The molecule has 1 aliphatic heterocycles. The van der Waals surface area contributed by atoms with Crippen LogP contribution in [0.25, 0.3) is 10.2 Å². The number of nitrogens with one attached hydrogen (secondary N) is 2. The van der Waals surface area contributed by atoms with Gasteiger partial charge in [-0.3, -0.25) is 4.79 Å². The van der Waals surface area contributed by atoms with Crippen LogP contribution in [0, 0.1) is 18.6 Å². The summed E-state index contributed by atoms with van der Waals surface area (Å²) in [6.45, 7) is 8.84. The number of pyridine rings is 1. The standard InChI is InChI=1S/C23H25F2N5OS/c1-12-4-5-16-20(26)21(32-23(16)29-12)22(31)27-7-6-15-8-18(25)19(9-17(15)24)30-10-13(2)28-14(3)11-30/h4-5,8-9,14,28H,2,6-7,10-11,26H2,1,3H3,(H,27,31). The molecule has 1 aromatic carbocycles. The molecule has 9 heteroatoms. The van der Waals surface area contributed by atoms with E-state index in [1.54, 1.807) is 4.90 Å². The number of thiophene rings is 1. The predicted molar refractivity (Wildman–Crippen MR) is 125 cm³/mol. The number of aryl methyl sites for hydroxylation is 1. The van der Waals surface area contributed by atoms with Crippen molar-refractivity contribution in [3.8, 4) is 0 Å². The van der Waals surface area contributed by atoms with Crippen molar-refractivity contribution in [2.24, 2.45) is 0 Å². The molecule has 168 valence electrons. The maximum atomic E-state index is 14.8. The van der Waals surface area contributed by atoms with Gasteiger partial charge in [-0.05, 0) is 44.0 Å². The predicted octanol–water partition coefficient (Wildman–Crippen LogP) is 3.75. The number of hydrogen-bond donors (Lipinski definition) is 3. The van der Waals surface area contributed by atoms with Crippen LogP contribution in [0.4, 0.5) is 20.2 Å². The molecule has 1 saturated heterocycles. The van der Waals surface area contributed by atoms with Gasteiger partial charge < -0.3 is 21.3 Å². The smallest absolute Gasteiger partial charge is 0.263 e. The number of nitrogens with two attached hydrogens (primary N) is 1. The van der Waals surface area contributed by atoms with Crippen LogP contribution in [0.2, 0.25) is 0 Å². The van der Waals surface area contributed by atoms with Gasteiger partial charge in [0.2, 0.25) is 0 Å². The average molecular weight is 458 g/mol. The van der Waals surface area contributed by atoms with Crippen LogP contribution in [0.5, 0.6) is 0 Å². The van der Waals surface area contributed by atoms with Crippen LogP contribution in [0.1, 0.15) is 27.9 Å². The van der Waals surface area contributed by atoms with E-state index in [2.05, 4.69) is 22.2 Å². The molecule has 0 aliphatic carbocycles. The van der Waals surface area contributed by atoms with Gasteiger partial charge in [0.15, 0.2) is 0 Å². The maximum absolute atomic E-state index is 14.8. The third kappa shape index (κ3) is 4.38. The quantitative estimate of drug-likeness (QED) is 0.544. The van der Waals surface area contributed by atoms with Crippen molar-refractivity contribution in [2.75, 3.05) is 30.3 Å². The van der Waals surface area contributed by atoms with Crippen molar-refractivity contribution in [2.45, 2.75) is 26.3 Å². The number of amides is 1. The first-order valence-corrected chi connectivity index (χ1v) is 11.2. The highest BCUT2D eigenvalue weighted by atomic mass is 32.1. The van der Waals surface area contributed by atoms with Crippen molar-refractivity contribution in [1.29, 1.82) is 0 Å². The summed E-state index contributed by atoms with van der Waals surface area (Å²) >= 11 is 1.22. The second kappa shape index (κ2) is 8.74. The molecule has 3 aromatic rings. The summed E-state index contributed by atoms with van der Waals surface area (Å²) in [5.74, 6) is -1.35. The average Bonchev–Trinajstić information content (AvgIpc) is 3.05. The van der Waals surface area contributed by atoms with E-state index in [0.29, 0.717) is 28.5 Å². The van der Waals surface area contributed by atoms with Crippen molar-refractivity contribution in [3.63, 3.8) is 0 Å². The summed E-state index contributed by atoms with van der Waals surface area (Å²) < 4.78 is 29.5. The third-order valence-corrected chi connectivity index (χ3v) is 6.52. The van der Waals surface area contributed by atoms with Crippen molar-refractivity contribution in [1.82, 2.24) is 15.6 Å². The number of piperazine rings is 1. The van der Waals surface area contributed by atoms with Gasteiger partial charge in [0.05, 0.1) is 17.9 Å².